The zero-order valence-corrected chi connectivity index (χ0v) is 17.1. The molecule has 0 saturated heterocycles. The van der Waals surface area contributed by atoms with Crippen LogP contribution in [0.2, 0.25) is 0 Å². The highest BCUT2D eigenvalue weighted by Gasteiger charge is 2.55. The number of allylic oxidation sites excluding steroid dienone is 1. The molecule has 2 aliphatic rings. The van der Waals surface area contributed by atoms with E-state index in [2.05, 4.69) is 20.8 Å². The quantitative estimate of drug-likeness (QED) is 0.587. The van der Waals surface area contributed by atoms with Gasteiger partial charge < -0.3 is 13.9 Å². The van der Waals surface area contributed by atoms with Crippen molar-refractivity contribution in [3.8, 4) is 0 Å². The van der Waals surface area contributed by atoms with E-state index in [4.69, 9.17) is 13.9 Å². The van der Waals surface area contributed by atoms with Gasteiger partial charge in [0.05, 0.1) is 6.26 Å². The van der Waals surface area contributed by atoms with Crippen molar-refractivity contribution >= 4 is 11.9 Å². The lowest BCUT2D eigenvalue weighted by Gasteiger charge is -2.53. The van der Waals surface area contributed by atoms with E-state index in [1.54, 1.807) is 0 Å². The average Bonchev–Trinajstić information content (AvgIpc) is 2.89. The number of carbonyl (C=O) groups is 2. The molecule has 5 atom stereocenters. The summed E-state index contributed by atoms with van der Waals surface area (Å²) >= 11 is 0. The SMILES string of the molecule is CC(=O)O[C@@H]1[C@@H](OC(=O)C=C(C)C)C[C@H]2Cc3occ(C)c3C[C@]2(C)[C@H]1C. The van der Waals surface area contributed by atoms with E-state index in [1.807, 2.05) is 20.1 Å². The van der Waals surface area contributed by atoms with Crippen molar-refractivity contribution in [2.45, 2.75) is 73.0 Å². The van der Waals surface area contributed by atoms with Crippen molar-refractivity contribution in [1.82, 2.24) is 0 Å². The van der Waals surface area contributed by atoms with E-state index < -0.39 is 12.2 Å². The van der Waals surface area contributed by atoms with Crippen molar-refractivity contribution < 1.29 is 23.5 Å². The molecule has 1 fully saturated rings. The van der Waals surface area contributed by atoms with Crippen LogP contribution in [-0.4, -0.2) is 24.1 Å². The number of hydrogen-bond acceptors (Lipinski definition) is 5. The van der Waals surface area contributed by atoms with Gasteiger partial charge in [0.15, 0.2) is 0 Å². The van der Waals surface area contributed by atoms with Crippen LogP contribution in [0.5, 0.6) is 0 Å². The number of furan rings is 1. The molecule has 1 heterocycles. The normalized spacial score (nSPS) is 32.1. The number of hydrogen-bond donors (Lipinski definition) is 0. The van der Waals surface area contributed by atoms with E-state index >= 15 is 0 Å². The molecule has 148 valence electrons. The molecule has 2 aliphatic carbocycles. The number of fused-ring (bicyclic) bond motifs is 2. The highest BCUT2D eigenvalue weighted by Crippen LogP contribution is 2.54. The zero-order valence-electron chi connectivity index (χ0n) is 17.1. The summed E-state index contributed by atoms with van der Waals surface area (Å²) in [6, 6.07) is 0. The Balaban J connectivity index is 1.92. The Morgan fingerprint density at radius 3 is 2.59 bits per heavy atom. The molecule has 27 heavy (non-hydrogen) atoms. The minimum absolute atomic E-state index is 0.0405. The van der Waals surface area contributed by atoms with E-state index in [0.29, 0.717) is 12.3 Å². The van der Waals surface area contributed by atoms with Crippen molar-refractivity contribution in [1.29, 1.82) is 0 Å². The van der Waals surface area contributed by atoms with Crippen LogP contribution in [0, 0.1) is 24.2 Å². The maximum Gasteiger partial charge on any atom is 0.331 e. The predicted molar refractivity (Wildman–Crippen MR) is 101 cm³/mol. The van der Waals surface area contributed by atoms with Gasteiger partial charge in [-0.3, -0.25) is 4.79 Å². The van der Waals surface area contributed by atoms with Crippen LogP contribution in [0.25, 0.3) is 0 Å². The Hall–Kier alpha value is -2.04. The fraction of sp³-hybridized carbons (Fsp3) is 0.636. The number of carbonyl (C=O) groups excluding carboxylic acids is 2. The topological polar surface area (TPSA) is 65.7 Å². The molecule has 3 rings (SSSR count). The van der Waals surface area contributed by atoms with Gasteiger partial charge in [0.25, 0.3) is 0 Å². The van der Waals surface area contributed by atoms with E-state index in [0.717, 1.165) is 24.2 Å². The summed E-state index contributed by atoms with van der Waals surface area (Å²) in [6.45, 7) is 11.6. The van der Waals surface area contributed by atoms with Crippen molar-refractivity contribution in [2.24, 2.45) is 17.3 Å². The Morgan fingerprint density at radius 1 is 1.26 bits per heavy atom. The van der Waals surface area contributed by atoms with E-state index in [-0.39, 0.29) is 23.3 Å². The number of ether oxygens (including phenoxy) is 2. The van der Waals surface area contributed by atoms with Crippen LogP contribution >= 0.6 is 0 Å². The molecule has 0 aromatic carbocycles. The van der Waals surface area contributed by atoms with Gasteiger partial charge in [-0.2, -0.15) is 0 Å². The van der Waals surface area contributed by atoms with Crippen LogP contribution in [0.4, 0.5) is 0 Å². The van der Waals surface area contributed by atoms with Gasteiger partial charge >= 0.3 is 11.9 Å². The Labute approximate surface area is 161 Å². The molecule has 0 amide bonds. The molecule has 0 bridgehead atoms. The minimum atomic E-state index is -0.442. The first-order chi connectivity index (χ1) is 12.6. The fourth-order valence-electron chi connectivity index (χ4n) is 4.81. The molecule has 0 radical (unpaired) electrons. The van der Waals surface area contributed by atoms with E-state index in [9.17, 15) is 9.59 Å². The lowest BCUT2D eigenvalue weighted by molar-refractivity contribution is -0.189. The molecular formula is C22H30O5. The van der Waals surface area contributed by atoms with Gasteiger partial charge in [-0.25, -0.2) is 4.79 Å². The summed E-state index contributed by atoms with van der Waals surface area (Å²) < 4.78 is 17.2. The summed E-state index contributed by atoms with van der Waals surface area (Å²) in [5, 5.41) is 0. The Kier molecular flexibility index (Phi) is 5.24. The third-order valence-corrected chi connectivity index (χ3v) is 6.51. The number of rotatable bonds is 3. The molecule has 0 aliphatic heterocycles. The maximum absolute atomic E-state index is 12.2. The second kappa shape index (κ2) is 7.17. The summed E-state index contributed by atoms with van der Waals surface area (Å²) in [5.41, 5.74) is 3.30. The van der Waals surface area contributed by atoms with Crippen molar-refractivity contribution in [3.05, 3.63) is 34.8 Å². The van der Waals surface area contributed by atoms with Gasteiger partial charge in [-0.1, -0.05) is 19.4 Å². The summed E-state index contributed by atoms with van der Waals surface area (Å²) in [6.07, 6.45) is 4.82. The van der Waals surface area contributed by atoms with Gasteiger partial charge in [0, 0.05) is 25.3 Å². The zero-order chi connectivity index (χ0) is 19.9. The van der Waals surface area contributed by atoms with Crippen LogP contribution in [0.15, 0.2) is 22.3 Å². The standard InChI is InChI=1S/C22H30O5/c1-12(2)7-20(24)27-19-9-16-8-18-17(13(3)11-25-18)10-22(16,6)14(4)21(19)26-15(5)23/h7,11,14,16,19,21H,8-10H2,1-6H3/t14-,16+,19-,21-,22+/m0/s1. The third kappa shape index (κ3) is 3.69. The van der Waals surface area contributed by atoms with Crippen LogP contribution in [-0.2, 0) is 31.9 Å². The van der Waals surface area contributed by atoms with Gasteiger partial charge in [-0.15, -0.1) is 0 Å². The molecule has 5 heteroatoms. The molecule has 0 unspecified atom stereocenters. The van der Waals surface area contributed by atoms with Gasteiger partial charge in [0.2, 0.25) is 0 Å². The third-order valence-electron chi connectivity index (χ3n) is 6.51. The first kappa shape index (κ1) is 19.7. The highest BCUT2D eigenvalue weighted by atomic mass is 16.6. The smallest absolute Gasteiger partial charge is 0.331 e. The van der Waals surface area contributed by atoms with Crippen molar-refractivity contribution in [3.63, 3.8) is 0 Å². The second-order valence-corrected chi connectivity index (χ2v) is 8.70. The molecule has 0 spiro atoms. The number of esters is 2. The Morgan fingerprint density at radius 2 is 1.96 bits per heavy atom. The first-order valence-electron chi connectivity index (χ1n) is 9.70. The highest BCUT2D eigenvalue weighted by molar-refractivity contribution is 5.82. The fourth-order valence-corrected chi connectivity index (χ4v) is 4.81. The summed E-state index contributed by atoms with van der Waals surface area (Å²) in [4.78, 5) is 24.0. The lowest BCUT2D eigenvalue weighted by atomic mass is 9.54. The van der Waals surface area contributed by atoms with Crippen LogP contribution in [0.3, 0.4) is 0 Å². The molecule has 1 aromatic rings. The van der Waals surface area contributed by atoms with Gasteiger partial charge in [0.1, 0.15) is 18.0 Å². The minimum Gasteiger partial charge on any atom is -0.469 e. The monoisotopic (exact) mass is 374 g/mol. The predicted octanol–water partition coefficient (Wildman–Crippen LogP) is 4.16. The van der Waals surface area contributed by atoms with E-state index in [1.165, 1.54) is 24.1 Å². The largest absolute Gasteiger partial charge is 0.469 e. The van der Waals surface area contributed by atoms with Gasteiger partial charge in [-0.05, 0) is 56.1 Å². The maximum atomic E-state index is 12.2. The lowest BCUT2D eigenvalue weighted by Crippen LogP contribution is -2.56. The molecule has 0 N–H and O–H groups in total. The molecular weight excluding hydrogens is 344 g/mol. The second-order valence-electron chi connectivity index (χ2n) is 8.70. The molecule has 1 aromatic heterocycles. The van der Waals surface area contributed by atoms with Crippen LogP contribution in [0.1, 0.15) is 57.9 Å². The molecule has 1 saturated carbocycles. The molecule has 5 nitrogen and oxygen atoms in total. The van der Waals surface area contributed by atoms with Crippen LogP contribution < -0.4 is 0 Å². The number of aryl methyl sites for hydroxylation is 1. The summed E-state index contributed by atoms with van der Waals surface area (Å²) in [5.74, 6) is 0.697. The average molecular weight is 374 g/mol. The summed E-state index contributed by atoms with van der Waals surface area (Å²) in [7, 11) is 0. The van der Waals surface area contributed by atoms with Crippen molar-refractivity contribution in [2.75, 3.05) is 0 Å². The first-order valence-corrected chi connectivity index (χ1v) is 9.70. The Bertz CT molecular complexity index is 770.